The fourth-order valence-corrected chi connectivity index (χ4v) is 6.15. The maximum atomic E-state index is 6.37. The van der Waals surface area contributed by atoms with Crippen LogP contribution < -0.4 is 0 Å². The number of nitrogens with one attached hydrogen (secondary N) is 1. The molecule has 0 saturated carbocycles. The van der Waals surface area contributed by atoms with Gasteiger partial charge in [-0.15, -0.1) is 0 Å². The maximum Gasteiger partial charge on any atom is 0.164 e. The first-order chi connectivity index (χ1) is 21.8. The molecule has 5 heteroatoms. The number of H-pyrrole nitrogens is 1. The van der Waals surface area contributed by atoms with Crippen LogP contribution in [0.1, 0.15) is 0 Å². The Bertz CT molecular complexity index is 2440. The Balaban J connectivity index is 1.25. The Morgan fingerprint density at radius 1 is 0.409 bits per heavy atom. The van der Waals surface area contributed by atoms with E-state index in [1.165, 1.54) is 10.8 Å². The van der Waals surface area contributed by atoms with E-state index in [-0.39, 0.29) is 0 Å². The van der Waals surface area contributed by atoms with Gasteiger partial charge in [0, 0.05) is 49.3 Å². The van der Waals surface area contributed by atoms with Gasteiger partial charge in [0.05, 0.1) is 0 Å². The summed E-state index contributed by atoms with van der Waals surface area (Å²) in [4.78, 5) is 18.4. The molecule has 0 spiro atoms. The van der Waals surface area contributed by atoms with Crippen molar-refractivity contribution >= 4 is 43.7 Å². The molecular weight excluding hydrogens is 540 g/mol. The molecular formula is C39H24N4O. The van der Waals surface area contributed by atoms with Gasteiger partial charge in [0.1, 0.15) is 11.2 Å². The third kappa shape index (κ3) is 3.98. The highest BCUT2D eigenvalue weighted by Gasteiger charge is 2.18. The standard InChI is InChI=1S/C39H24N4O/c1-3-10-24(11-4-1)37-41-38(25-12-5-2-6-13-25)43-39(42-37)29-15-9-17-35-36(29)31-23-27(19-21-34(31)44-35)26-18-20-33-30(22-26)28-14-7-8-16-32(28)40-33/h1-23,40H. The lowest BCUT2D eigenvalue weighted by Crippen LogP contribution is -2.00. The summed E-state index contributed by atoms with van der Waals surface area (Å²) in [5.41, 5.74) is 8.94. The number of para-hydroxylation sites is 1. The molecule has 9 aromatic rings. The van der Waals surface area contributed by atoms with Crippen LogP contribution in [0.4, 0.5) is 0 Å². The van der Waals surface area contributed by atoms with Gasteiger partial charge >= 0.3 is 0 Å². The minimum absolute atomic E-state index is 0.608. The van der Waals surface area contributed by atoms with Crippen molar-refractivity contribution in [3.8, 4) is 45.3 Å². The molecule has 1 N–H and O–H groups in total. The van der Waals surface area contributed by atoms with Crippen LogP contribution in [0.3, 0.4) is 0 Å². The van der Waals surface area contributed by atoms with Crippen molar-refractivity contribution in [2.24, 2.45) is 0 Å². The maximum absolute atomic E-state index is 6.37. The summed E-state index contributed by atoms with van der Waals surface area (Å²) in [7, 11) is 0. The first kappa shape index (κ1) is 24.5. The number of hydrogen-bond donors (Lipinski definition) is 1. The van der Waals surface area contributed by atoms with Gasteiger partial charge < -0.3 is 9.40 Å². The second-order valence-corrected chi connectivity index (χ2v) is 11.0. The zero-order chi connectivity index (χ0) is 29.0. The van der Waals surface area contributed by atoms with Gasteiger partial charge in [-0.05, 0) is 47.5 Å². The van der Waals surface area contributed by atoms with Gasteiger partial charge in [-0.3, -0.25) is 0 Å². The summed E-state index contributed by atoms with van der Waals surface area (Å²) < 4.78 is 6.37. The zero-order valence-corrected chi connectivity index (χ0v) is 23.5. The van der Waals surface area contributed by atoms with Gasteiger partial charge in [0.2, 0.25) is 0 Å². The first-order valence-electron chi connectivity index (χ1n) is 14.6. The molecule has 0 radical (unpaired) electrons. The van der Waals surface area contributed by atoms with Crippen molar-refractivity contribution in [3.05, 3.63) is 140 Å². The highest BCUT2D eigenvalue weighted by Crippen LogP contribution is 2.39. The van der Waals surface area contributed by atoms with E-state index in [1.807, 2.05) is 72.8 Å². The number of aromatic amines is 1. The predicted molar refractivity (Wildman–Crippen MR) is 178 cm³/mol. The van der Waals surface area contributed by atoms with Crippen LogP contribution >= 0.6 is 0 Å². The van der Waals surface area contributed by atoms with E-state index < -0.39 is 0 Å². The summed E-state index contributed by atoms with van der Waals surface area (Å²) in [6.07, 6.45) is 0. The van der Waals surface area contributed by atoms with E-state index in [1.54, 1.807) is 0 Å². The molecule has 5 nitrogen and oxygen atoms in total. The van der Waals surface area contributed by atoms with Gasteiger partial charge in [0.25, 0.3) is 0 Å². The number of rotatable bonds is 4. The normalized spacial score (nSPS) is 11.6. The minimum atomic E-state index is 0.608. The van der Waals surface area contributed by atoms with Crippen molar-refractivity contribution in [2.45, 2.75) is 0 Å². The molecule has 0 aliphatic heterocycles. The third-order valence-corrected chi connectivity index (χ3v) is 8.27. The molecule has 0 unspecified atom stereocenters. The SMILES string of the molecule is c1ccc(-c2nc(-c3ccccc3)nc(-c3cccc4oc5ccc(-c6ccc7[nH]c8ccccc8c7c6)cc5c34)n2)cc1. The Hall–Kier alpha value is -6.07. The summed E-state index contributed by atoms with van der Waals surface area (Å²) in [5.74, 6) is 1.87. The van der Waals surface area contributed by atoms with Crippen LogP contribution in [0.25, 0.3) is 89.0 Å². The summed E-state index contributed by atoms with van der Waals surface area (Å²) in [6.45, 7) is 0. The van der Waals surface area contributed by atoms with Crippen molar-refractivity contribution in [2.75, 3.05) is 0 Å². The smallest absolute Gasteiger partial charge is 0.164 e. The molecule has 0 saturated heterocycles. The zero-order valence-electron chi connectivity index (χ0n) is 23.5. The fourth-order valence-electron chi connectivity index (χ4n) is 6.15. The first-order valence-corrected chi connectivity index (χ1v) is 14.6. The number of hydrogen-bond acceptors (Lipinski definition) is 4. The van der Waals surface area contributed by atoms with Crippen molar-refractivity contribution in [3.63, 3.8) is 0 Å². The van der Waals surface area contributed by atoms with Crippen LogP contribution in [-0.2, 0) is 0 Å². The summed E-state index contributed by atoms with van der Waals surface area (Å²) in [6, 6.07) is 47.6. The number of fused-ring (bicyclic) bond motifs is 6. The highest BCUT2D eigenvalue weighted by atomic mass is 16.3. The largest absolute Gasteiger partial charge is 0.456 e. The predicted octanol–water partition coefficient (Wildman–Crippen LogP) is 10.1. The molecule has 0 amide bonds. The molecule has 3 aromatic heterocycles. The van der Waals surface area contributed by atoms with Crippen LogP contribution in [-0.4, -0.2) is 19.9 Å². The van der Waals surface area contributed by atoms with E-state index >= 15 is 0 Å². The molecule has 6 aromatic carbocycles. The average molecular weight is 565 g/mol. The quantitative estimate of drug-likeness (QED) is 0.231. The molecule has 9 rings (SSSR count). The van der Waals surface area contributed by atoms with Crippen molar-refractivity contribution in [1.29, 1.82) is 0 Å². The highest BCUT2D eigenvalue weighted by molar-refractivity contribution is 6.13. The number of aromatic nitrogens is 4. The second-order valence-electron chi connectivity index (χ2n) is 11.0. The Kier molecular flexibility index (Phi) is 5.43. The van der Waals surface area contributed by atoms with Crippen molar-refractivity contribution in [1.82, 2.24) is 19.9 Å². The Labute approximate surface area is 252 Å². The van der Waals surface area contributed by atoms with Gasteiger partial charge in [0.15, 0.2) is 17.5 Å². The molecule has 3 heterocycles. The molecule has 206 valence electrons. The van der Waals surface area contributed by atoms with E-state index in [9.17, 15) is 0 Å². The van der Waals surface area contributed by atoms with Crippen LogP contribution in [0.2, 0.25) is 0 Å². The summed E-state index contributed by atoms with van der Waals surface area (Å²) >= 11 is 0. The number of furan rings is 1. The molecule has 0 bridgehead atoms. The lowest BCUT2D eigenvalue weighted by molar-refractivity contribution is 0.669. The fraction of sp³-hybridized carbons (Fsp3) is 0. The Morgan fingerprint density at radius 2 is 1.02 bits per heavy atom. The monoisotopic (exact) mass is 564 g/mol. The Morgan fingerprint density at radius 3 is 1.77 bits per heavy atom. The molecule has 0 aliphatic carbocycles. The number of benzene rings is 6. The molecule has 0 fully saturated rings. The van der Waals surface area contributed by atoms with Gasteiger partial charge in [-0.2, -0.15) is 0 Å². The van der Waals surface area contributed by atoms with Crippen LogP contribution in [0, 0.1) is 0 Å². The lowest BCUT2D eigenvalue weighted by Gasteiger charge is -2.09. The number of nitrogens with zero attached hydrogens (tertiary/aromatic N) is 3. The van der Waals surface area contributed by atoms with E-state index in [0.29, 0.717) is 17.5 Å². The lowest BCUT2D eigenvalue weighted by atomic mass is 9.99. The minimum Gasteiger partial charge on any atom is -0.456 e. The van der Waals surface area contributed by atoms with Crippen molar-refractivity contribution < 1.29 is 4.42 Å². The van der Waals surface area contributed by atoms with Crippen LogP contribution in [0.15, 0.2) is 144 Å². The third-order valence-electron chi connectivity index (χ3n) is 8.27. The topological polar surface area (TPSA) is 67.6 Å². The van der Waals surface area contributed by atoms with E-state index in [0.717, 1.165) is 60.8 Å². The molecule has 0 atom stereocenters. The molecule has 44 heavy (non-hydrogen) atoms. The van der Waals surface area contributed by atoms with E-state index in [4.69, 9.17) is 19.4 Å². The van der Waals surface area contributed by atoms with Gasteiger partial charge in [-0.1, -0.05) is 103 Å². The van der Waals surface area contributed by atoms with E-state index in [2.05, 4.69) is 71.7 Å². The average Bonchev–Trinajstić information content (AvgIpc) is 3.66. The van der Waals surface area contributed by atoms with Crippen LogP contribution in [0.5, 0.6) is 0 Å². The second kappa shape index (κ2) is 9.75. The van der Waals surface area contributed by atoms with Gasteiger partial charge in [-0.25, -0.2) is 15.0 Å². The molecule has 0 aliphatic rings. The summed E-state index contributed by atoms with van der Waals surface area (Å²) in [5, 5.41) is 4.44.